The summed E-state index contributed by atoms with van der Waals surface area (Å²) in [6.07, 6.45) is 4.49. The molecule has 0 bridgehead atoms. The number of non-ortho nitro benzene ring substituents is 1. The van der Waals surface area contributed by atoms with Gasteiger partial charge in [0.15, 0.2) is 5.16 Å². The lowest BCUT2D eigenvalue weighted by molar-refractivity contribution is -0.384. The molecule has 148 valence electrons. The van der Waals surface area contributed by atoms with Gasteiger partial charge in [-0.25, -0.2) is 9.97 Å². The van der Waals surface area contributed by atoms with Crippen LogP contribution in [0.1, 0.15) is 11.1 Å². The van der Waals surface area contributed by atoms with Crippen LogP contribution in [-0.4, -0.2) is 20.8 Å². The fraction of sp³-hybridized carbons (Fsp3) is 0.0476. The summed E-state index contributed by atoms with van der Waals surface area (Å²) in [5, 5.41) is 23.8. The number of aromatic nitrogens is 2. The highest BCUT2D eigenvalue weighted by molar-refractivity contribution is 7.99. The number of nitrogens with one attached hydrogen (secondary N) is 1. The number of hydrogen-bond acceptors (Lipinski definition) is 7. The van der Waals surface area contributed by atoms with E-state index in [2.05, 4.69) is 15.3 Å². The molecule has 3 rings (SSSR count). The first kappa shape index (κ1) is 20.7. The third kappa shape index (κ3) is 5.50. The van der Waals surface area contributed by atoms with Gasteiger partial charge in [0.25, 0.3) is 11.6 Å². The second-order valence-corrected chi connectivity index (χ2v) is 6.96. The highest BCUT2D eigenvalue weighted by Gasteiger charge is 2.15. The zero-order chi connectivity index (χ0) is 21.3. The molecule has 1 N–H and O–H groups in total. The number of nitriles is 1. The fourth-order valence-corrected chi connectivity index (χ4v) is 3.26. The largest absolute Gasteiger partial charge is 0.347 e. The number of nitro groups is 1. The number of nitrogens with zero attached hydrogens (tertiary/aromatic N) is 4. The minimum Gasteiger partial charge on any atom is -0.347 e. The maximum Gasteiger partial charge on any atom is 0.270 e. The molecule has 0 spiro atoms. The van der Waals surface area contributed by atoms with E-state index in [1.165, 1.54) is 30.0 Å². The van der Waals surface area contributed by atoms with E-state index < -0.39 is 10.8 Å². The van der Waals surface area contributed by atoms with Crippen LogP contribution in [0.15, 0.2) is 82.6 Å². The lowest BCUT2D eigenvalue weighted by atomic mass is 10.1. The van der Waals surface area contributed by atoms with Crippen LogP contribution in [0.4, 0.5) is 5.69 Å². The van der Waals surface area contributed by atoms with Gasteiger partial charge in [0.05, 0.1) is 4.92 Å². The first-order valence-corrected chi connectivity index (χ1v) is 9.55. The highest BCUT2D eigenvalue weighted by atomic mass is 32.2. The molecular formula is C21H15N5O3S. The minimum atomic E-state index is -0.570. The Kier molecular flexibility index (Phi) is 6.87. The molecule has 8 nitrogen and oxygen atoms in total. The standard InChI is InChI=1S/C21H15N5O3S/c22-13-17(20(27)25-14-15-5-2-1-3-6-15)11-16-12-18(26(28)29)7-8-19(16)30-21-23-9-4-10-24-21/h1-12H,14H2,(H,25,27)/b17-11+. The molecule has 2 aromatic carbocycles. The van der Waals surface area contributed by atoms with Crippen molar-refractivity contribution in [1.29, 1.82) is 5.26 Å². The Morgan fingerprint density at radius 2 is 1.90 bits per heavy atom. The highest BCUT2D eigenvalue weighted by Crippen LogP contribution is 2.31. The van der Waals surface area contributed by atoms with E-state index in [1.54, 1.807) is 24.5 Å². The second-order valence-electron chi connectivity index (χ2n) is 5.95. The van der Waals surface area contributed by atoms with Gasteiger partial charge in [-0.15, -0.1) is 0 Å². The van der Waals surface area contributed by atoms with E-state index >= 15 is 0 Å². The van der Waals surface area contributed by atoms with Gasteiger partial charge in [-0.2, -0.15) is 5.26 Å². The molecule has 30 heavy (non-hydrogen) atoms. The van der Waals surface area contributed by atoms with Gasteiger partial charge in [0, 0.05) is 36.0 Å². The Bertz CT molecular complexity index is 1130. The van der Waals surface area contributed by atoms with Crippen LogP contribution in [0.25, 0.3) is 6.08 Å². The number of nitro benzene ring substituents is 1. The Morgan fingerprint density at radius 1 is 1.17 bits per heavy atom. The molecule has 0 aliphatic carbocycles. The first-order chi connectivity index (χ1) is 14.6. The van der Waals surface area contributed by atoms with E-state index in [0.29, 0.717) is 15.6 Å². The van der Waals surface area contributed by atoms with Crippen molar-refractivity contribution in [2.75, 3.05) is 0 Å². The Balaban J connectivity index is 1.89. The van der Waals surface area contributed by atoms with Gasteiger partial charge in [0.2, 0.25) is 0 Å². The van der Waals surface area contributed by atoms with E-state index in [1.807, 2.05) is 36.4 Å². The molecule has 3 aromatic rings. The molecule has 1 aromatic heterocycles. The molecule has 0 unspecified atom stereocenters. The molecule has 0 radical (unpaired) electrons. The van der Waals surface area contributed by atoms with Crippen molar-refractivity contribution >= 4 is 29.4 Å². The molecule has 1 amide bonds. The van der Waals surface area contributed by atoms with Crippen LogP contribution in [0, 0.1) is 21.4 Å². The molecule has 0 aliphatic rings. The summed E-state index contributed by atoms with van der Waals surface area (Å²) < 4.78 is 0. The third-order valence-electron chi connectivity index (χ3n) is 3.91. The molecule has 0 saturated carbocycles. The molecule has 0 aliphatic heterocycles. The second kappa shape index (κ2) is 9.95. The Labute approximate surface area is 176 Å². The maximum absolute atomic E-state index is 12.5. The molecule has 0 atom stereocenters. The summed E-state index contributed by atoms with van der Waals surface area (Å²) in [7, 11) is 0. The van der Waals surface area contributed by atoms with Crippen LogP contribution in [0.2, 0.25) is 0 Å². The Morgan fingerprint density at radius 3 is 2.57 bits per heavy atom. The molecule has 9 heteroatoms. The SMILES string of the molecule is N#C/C(=C\c1cc([N+](=O)[O-])ccc1Sc1ncccn1)C(=O)NCc1ccccc1. The molecular weight excluding hydrogens is 402 g/mol. The topological polar surface area (TPSA) is 122 Å². The summed E-state index contributed by atoms with van der Waals surface area (Å²) in [6.45, 7) is 0.257. The van der Waals surface area contributed by atoms with Crippen molar-refractivity contribution in [2.45, 2.75) is 16.6 Å². The van der Waals surface area contributed by atoms with Crippen LogP contribution in [0.5, 0.6) is 0 Å². The summed E-state index contributed by atoms with van der Waals surface area (Å²) >= 11 is 1.18. The molecule has 1 heterocycles. The van der Waals surface area contributed by atoms with Crippen LogP contribution >= 0.6 is 11.8 Å². The summed E-state index contributed by atoms with van der Waals surface area (Å²) in [5.74, 6) is -0.570. The fourth-order valence-electron chi connectivity index (χ4n) is 2.47. The van der Waals surface area contributed by atoms with Gasteiger partial charge < -0.3 is 5.32 Å². The predicted molar refractivity (Wildman–Crippen MR) is 111 cm³/mol. The maximum atomic E-state index is 12.5. The Hall–Kier alpha value is -4.03. The third-order valence-corrected chi connectivity index (χ3v) is 4.89. The van der Waals surface area contributed by atoms with E-state index in [9.17, 15) is 20.2 Å². The monoisotopic (exact) mass is 417 g/mol. The molecule has 0 saturated heterocycles. The number of carbonyl (C=O) groups excluding carboxylic acids is 1. The lowest BCUT2D eigenvalue weighted by Crippen LogP contribution is -2.23. The van der Waals surface area contributed by atoms with Crippen LogP contribution in [0.3, 0.4) is 0 Å². The van der Waals surface area contributed by atoms with Crippen molar-refractivity contribution in [2.24, 2.45) is 0 Å². The first-order valence-electron chi connectivity index (χ1n) is 8.74. The summed E-state index contributed by atoms with van der Waals surface area (Å²) in [5.41, 5.74) is 0.924. The number of amides is 1. The smallest absolute Gasteiger partial charge is 0.270 e. The zero-order valence-corrected chi connectivity index (χ0v) is 16.4. The molecule has 0 fully saturated rings. The summed E-state index contributed by atoms with van der Waals surface area (Å²) in [6, 6.07) is 17.0. The normalized spacial score (nSPS) is 10.8. The van der Waals surface area contributed by atoms with Gasteiger partial charge in [-0.1, -0.05) is 30.3 Å². The minimum absolute atomic E-state index is 0.151. The predicted octanol–water partition coefficient (Wildman–Crippen LogP) is 3.76. The van der Waals surface area contributed by atoms with E-state index in [4.69, 9.17) is 0 Å². The van der Waals surface area contributed by atoms with Crippen molar-refractivity contribution < 1.29 is 9.72 Å². The van der Waals surface area contributed by atoms with Gasteiger partial charge in [-0.05, 0) is 41.1 Å². The number of rotatable bonds is 7. The van der Waals surface area contributed by atoms with E-state index in [-0.39, 0.29) is 17.8 Å². The zero-order valence-electron chi connectivity index (χ0n) is 15.6. The lowest BCUT2D eigenvalue weighted by Gasteiger charge is -2.07. The van der Waals surface area contributed by atoms with Crippen molar-refractivity contribution in [3.8, 4) is 6.07 Å². The van der Waals surface area contributed by atoms with Crippen molar-refractivity contribution in [1.82, 2.24) is 15.3 Å². The number of carbonyl (C=O) groups is 1. The van der Waals surface area contributed by atoms with E-state index in [0.717, 1.165) is 5.56 Å². The quantitative estimate of drug-likeness (QED) is 0.204. The van der Waals surface area contributed by atoms with Crippen molar-refractivity contribution in [3.63, 3.8) is 0 Å². The average Bonchev–Trinajstić information content (AvgIpc) is 2.78. The number of hydrogen-bond donors (Lipinski definition) is 1. The number of benzene rings is 2. The van der Waals surface area contributed by atoms with Crippen LogP contribution in [-0.2, 0) is 11.3 Å². The summed E-state index contributed by atoms with van der Waals surface area (Å²) in [4.78, 5) is 31.9. The van der Waals surface area contributed by atoms with Gasteiger partial charge in [-0.3, -0.25) is 14.9 Å². The van der Waals surface area contributed by atoms with Gasteiger partial charge in [0.1, 0.15) is 11.6 Å². The van der Waals surface area contributed by atoms with Gasteiger partial charge >= 0.3 is 0 Å². The van der Waals surface area contributed by atoms with Crippen LogP contribution < -0.4 is 5.32 Å². The van der Waals surface area contributed by atoms with Crippen molar-refractivity contribution in [3.05, 3.63) is 93.8 Å². The average molecular weight is 417 g/mol.